The molecule has 6 heteroatoms. The van der Waals surface area contributed by atoms with Crippen molar-refractivity contribution < 1.29 is 4.79 Å². The molecule has 2 aromatic heterocycles. The molecule has 0 saturated carbocycles. The van der Waals surface area contributed by atoms with Crippen molar-refractivity contribution in [3.05, 3.63) is 47.7 Å². The first-order valence-electron chi connectivity index (χ1n) is 8.58. The molecule has 3 heterocycles. The highest BCUT2D eigenvalue weighted by Gasteiger charge is 2.25. The topological polar surface area (TPSA) is 85.8 Å². The van der Waals surface area contributed by atoms with Crippen LogP contribution in [-0.4, -0.2) is 33.8 Å². The van der Waals surface area contributed by atoms with E-state index in [1.165, 1.54) is 5.56 Å². The van der Waals surface area contributed by atoms with Crippen molar-refractivity contribution >= 4 is 16.8 Å². The quantitative estimate of drug-likeness (QED) is 0.768. The molecule has 0 atom stereocenters. The minimum absolute atomic E-state index is 0.442. The Kier molecular flexibility index (Phi) is 3.97. The van der Waals surface area contributed by atoms with Gasteiger partial charge in [-0.25, -0.2) is 0 Å². The fraction of sp³-hybridized carbons (Fsp3) is 0.316. The highest BCUT2D eigenvalue weighted by atomic mass is 16.1. The van der Waals surface area contributed by atoms with Gasteiger partial charge in [-0.1, -0.05) is 12.1 Å². The van der Waals surface area contributed by atoms with Crippen LogP contribution in [0.3, 0.4) is 0 Å². The third kappa shape index (κ3) is 2.68. The minimum Gasteiger partial charge on any atom is -0.366 e. The SMILES string of the molecule is Cn1nc2c(C(N)=O)ccc(C3CCNCC3)c2c1-c1ccccn1. The van der Waals surface area contributed by atoms with E-state index in [2.05, 4.69) is 15.4 Å². The number of hydrogen-bond donors (Lipinski definition) is 2. The van der Waals surface area contributed by atoms with E-state index in [-0.39, 0.29) is 0 Å². The molecule has 0 bridgehead atoms. The number of aromatic nitrogens is 3. The Morgan fingerprint density at radius 2 is 2.04 bits per heavy atom. The molecule has 1 aliphatic rings. The van der Waals surface area contributed by atoms with E-state index >= 15 is 0 Å². The zero-order valence-electron chi connectivity index (χ0n) is 14.2. The molecule has 0 spiro atoms. The van der Waals surface area contributed by atoms with Crippen LogP contribution >= 0.6 is 0 Å². The van der Waals surface area contributed by atoms with Crippen molar-refractivity contribution in [2.24, 2.45) is 12.8 Å². The van der Waals surface area contributed by atoms with Crippen LogP contribution in [0.4, 0.5) is 0 Å². The summed E-state index contributed by atoms with van der Waals surface area (Å²) in [6, 6.07) is 9.69. The van der Waals surface area contributed by atoms with Crippen molar-refractivity contribution in [1.29, 1.82) is 0 Å². The molecule has 0 radical (unpaired) electrons. The third-order valence-electron chi connectivity index (χ3n) is 4.97. The zero-order chi connectivity index (χ0) is 17.4. The Morgan fingerprint density at radius 1 is 1.24 bits per heavy atom. The molecule has 1 amide bonds. The van der Waals surface area contributed by atoms with Crippen molar-refractivity contribution in [2.45, 2.75) is 18.8 Å². The summed E-state index contributed by atoms with van der Waals surface area (Å²) >= 11 is 0. The van der Waals surface area contributed by atoms with Gasteiger partial charge in [-0.05, 0) is 55.6 Å². The molecule has 1 fully saturated rings. The van der Waals surface area contributed by atoms with Crippen LogP contribution in [0.2, 0.25) is 0 Å². The lowest BCUT2D eigenvalue weighted by molar-refractivity contribution is 0.100. The summed E-state index contributed by atoms with van der Waals surface area (Å²) in [5.74, 6) is -0.00938. The molecule has 1 aliphatic heterocycles. The number of carbonyl (C=O) groups excluding carboxylic acids is 1. The number of hydrogen-bond acceptors (Lipinski definition) is 4. The average Bonchev–Trinajstić information content (AvgIpc) is 2.98. The number of nitrogens with two attached hydrogens (primary N) is 1. The van der Waals surface area contributed by atoms with Gasteiger partial charge < -0.3 is 11.1 Å². The van der Waals surface area contributed by atoms with Gasteiger partial charge in [-0.2, -0.15) is 5.10 Å². The monoisotopic (exact) mass is 335 g/mol. The molecule has 3 aromatic rings. The predicted octanol–water partition coefficient (Wildman–Crippen LogP) is 2.20. The molecule has 4 rings (SSSR count). The molecule has 1 saturated heterocycles. The summed E-state index contributed by atoms with van der Waals surface area (Å²) in [7, 11) is 1.89. The van der Waals surface area contributed by atoms with Crippen LogP contribution in [0.5, 0.6) is 0 Å². The van der Waals surface area contributed by atoms with Crippen LogP contribution in [0.25, 0.3) is 22.3 Å². The second kappa shape index (κ2) is 6.29. The Hall–Kier alpha value is -2.73. The molecular weight excluding hydrogens is 314 g/mol. The first kappa shape index (κ1) is 15.8. The van der Waals surface area contributed by atoms with E-state index in [1.807, 2.05) is 42.1 Å². The fourth-order valence-corrected chi connectivity index (χ4v) is 3.79. The van der Waals surface area contributed by atoms with Gasteiger partial charge in [0.15, 0.2) is 0 Å². The number of carbonyl (C=O) groups is 1. The number of benzene rings is 1. The molecule has 0 unspecified atom stereocenters. The Balaban J connectivity index is 2.02. The van der Waals surface area contributed by atoms with E-state index in [4.69, 9.17) is 5.73 Å². The molecular formula is C19H21N5O. The van der Waals surface area contributed by atoms with Crippen LogP contribution in [0, 0.1) is 0 Å². The van der Waals surface area contributed by atoms with Gasteiger partial charge in [0.05, 0.1) is 17.0 Å². The molecule has 1 aromatic carbocycles. The highest BCUT2D eigenvalue weighted by Crippen LogP contribution is 2.37. The summed E-state index contributed by atoms with van der Waals surface area (Å²) < 4.78 is 1.81. The standard InChI is InChI=1S/C19H21N5O/c1-24-18(15-4-2-3-9-22-15)16-13(12-7-10-21-11-8-12)5-6-14(19(20)25)17(16)23-24/h2-6,9,12,21H,7-8,10-11H2,1H3,(H2,20,25). The van der Waals surface area contributed by atoms with Crippen LogP contribution < -0.4 is 11.1 Å². The van der Waals surface area contributed by atoms with Gasteiger partial charge in [-0.3, -0.25) is 14.5 Å². The summed E-state index contributed by atoms with van der Waals surface area (Å²) in [4.78, 5) is 16.4. The highest BCUT2D eigenvalue weighted by molar-refractivity contribution is 6.09. The van der Waals surface area contributed by atoms with E-state index in [9.17, 15) is 4.79 Å². The molecule has 6 nitrogen and oxygen atoms in total. The normalized spacial score (nSPS) is 15.6. The Labute approximate surface area is 146 Å². The fourth-order valence-electron chi connectivity index (χ4n) is 3.79. The first-order chi connectivity index (χ1) is 12.2. The molecule has 25 heavy (non-hydrogen) atoms. The van der Waals surface area contributed by atoms with Crippen LogP contribution in [0.15, 0.2) is 36.5 Å². The number of nitrogens with one attached hydrogen (secondary N) is 1. The number of primary amides is 1. The zero-order valence-corrected chi connectivity index (χ0v) is 14.2. The Morgan fingerprint density at radius 3 is 2.72 bits per heavy atom. The lowest BCUT2D eigenvalue weighted by Crippen LogP contribution is -2.26. The Bertz CT molecular complexity index is 926. The number of fused-ring (bicyclic) bond motifs is 1. The molecule has 128 valence electrons. The predicted molar refractivity (Wildman–Crippen MR) is 97.3 cm³/mol. The van der Waals surface area contributed by atoms with Gasteiger partial charge in [0.2, 0.25) is 0 Å². The van der Waals surface area contributed by atoms with Gasteiger partial charge in [0, 0.05) is 18.6 Å². The third-order valence-corrected chi connectivity index (χ3v) is 4.97. The van der Waals surface area contributed by atoms with Crippen molar-refractivity contribution in [3.8, 4) is 11.4 Å². The van der Waals surface area contributed by atoms with Gasteiger partial charge in [-0.15, -0.1) is 0 Å². The smallest absolute Gasteiger partial charge is 0.250 e. The van der Waals surface area contributed by atoms with Gasteiger partial charge in [0.1, 0.15) is 5.52 Å². The minimum atomic E-state index is -0.451. The lowest BCUT2D eigenvalue weighted by Gasteiger charge is -2.24. The van der Waals surface area contributed by atoms with Crippen molar-refractivity contribution in [1.82, 2.24) is 20.1 Å². The van der Waals surface area contributed by atoms with Gasteiger partial charge in [0.25, 0.3) is 5.91 Å². The summed E-state index contributed by atoms with van der Waals surface area (Å²) in [5.41, 5.74) is 9.75. The second-order valence-corrected chi connectivity index (χ2v) is 6.50. The average molecular weight is 335 g/mol. The number of pyridine rings is 1. The van der Waals surface area contributed by atoms with Crippen LogP contribution in [-0.2, 0) is 7.05 Å². The lowest BCUT2D eigenvalue weighted by atomic mass is 9.86. The van der Waals surface area contributed by atoms with E-state index < -0.39 is 5.91 Å². The van der Waals surface area contributed by atoms with Crippen LogP contribution in [0.1, 0.15) is 34.7 Å². The van der Waals surface area contributed by atoms with Crippen molar-refractivity contribution in [2.75, 3.05) is 13.1 Å². The number of piperidine rings is 1. The summed E-state index contributed by atoms with van der Waals surface area (Å²) in [5, 5.41) is 9.04. The van der Waals surface area contributed by atoms with Gasteiger partial charge >= 0.3 is 0 Å². The summed E-state index contributed by atoms with van der Waals surface area (Å²) in [6.07, 6.45) is 3.92. The molecule has 3 N–H and O–H groups in total. The van der Waals surface area contributed by atoms with E-state index in [0.29, 0.717) is 17.0 Å². The largest absolute Gasteiger partial charge is 0.366 e. The summed E-state index contributed by atoms with van der Waals surface area (Å²) in [6.45, 7) is 2.01. The molecule has 0 aliphatic carbocycles. The number of aryl methyl sites for hydroxylation is 1. The van der Waals surface area contributed by atoms with Crippen molar-refractivity contribution in [3.63, 3.8) is 0 Å². The number of nitrogens with zero attached hydrogens (tertiary/aromatic N) is 3. The second-order valence-electron chi connectivity index (χ2n) is 6.50. The maximum absolute atomic E-state index is 11.9. The number of rotatable bonds is 3. The maximum atomic E-state index is 11.9. The first-order valence-corrected chi connectivity index (χ1v) is 8.58. The maximum Gasteiger partial charge on any atom is 0.250 e. The van der Waals surface area contributed by atoms with E-state index in [1.54, 1.807) is 6.20 Å². The number of amides is 1. The van der Waals surface area contributed by atoms with E-state index in [0.717, 1.165) is 42.7 Å².